The first kappa shape index (κ1) is 12.8. The highest BCUT2D eigenvalue weighted by Crippen LogP contribution is 2.31. The fourth-order valence-electron chi connectivity index (χ4n) is 2.34. The smallest absolute Gasteiger partial charge is 0.147 e. The Balaban J connectivity index is 2.10. The van der Waals surface area contributed by atoms with Gasteiger partial charge in [0.15, 0.2) is 0 Å². The summed E-state index contributed by atoms with van der Waals surface area (Å²) in [5.74, 6) is 1.72. The van der Waals surface area contributed by atoms with Crippen LogP contribution in [0.25, 0.3) is 0 Å². The summed E-state index contributed by atoms with van der Waals surface area (Å²) in [5, 5.41) is 4.30. The number of nitrogen functional groups attached to an aromatic ring is 1. The summed E-state index contributed by atoms with van der Waals surface area (Å²) in [5.41, 5.74) is 5.68. The van der Waals surface area contributed by atoms with Crippen LogP contribution in [0.2, 0.25) is 10.0 Å². The van der Waals surface area contributed by atoms with E-state index in [-0.39, 0.29) is 0 Å². The summed E-state index contributed by atoms with van der Waals surface area (Å²) < 4.78 is 0. The number of aromatic nitrogens is 1. The van der Waals surface area contributed by atoms with Crippen molar-refractivity contribution in [2.75, 3.05) is 11.1 Å². The molecule has 0 aromatic carbocycles. The molecular weight excluding hydrogens is 257 g/mol. The molecule has 1 aliphatic rings. The summed E-state index contributed by atoms with van der Waals surface area (Å²) in [6.07, 6.45) is 4.87. The van der Waals surface area contributed by atoms with Crippen LogP contribution in [0.15, 0.2) is 6.07 Å². The molecule has 1 saturated carbocycles. The molecule has 3 N–H and O–H groups in total. The molecule has 1 aliphatic carbocycles. The highest BCUT2D eigenvalue weighted by Gasteiger charge is 2.20. The second-order valence-corrected chi connectivity index (χ2v) is 5.61. The number of halogens is 2. The number of rotatable bonds is 2. The Bertz CT molecular complexity index is 409. The SMILES string of the molecule is CC1CCCC(Nc2nc(N)c(Cl)cc2Cl)C1. The third kappa shape index (κ3) is 3.17. The van der Waals surface area contributed by atoms with Crippen LogP contribution < -0.4 is 11.1 Å². The van der Waals surface area contributed by atoms with Gasteiger partial charge in [0.25, 0.3) is 0 Å². The Morgan fingerprint density at radius 1 is 1.35 bits per heavy atom. The van der Waals surface area contributed by atoms with E-state index in [4.69, 9.17) is 28.9 Å². The molecule has 0 spiro atoms. The van der Waals surface area contributed by atoms with E-state index in [2.05, 4.69) is 17.2 Å². The monoisotopic (exact) mass is 273 g/mol. The average Bonchev–Trinajstić information content (AvgIpc) is 2.26. The van der Waals surface area contributed by atoms with Gasteiger partial charge in [-0.2, -0.15) is 0 Å². The van der Waals surface area contributed by atoms with E-state index in [1.807, 2.05) is 0 Å². The molecule has 2 atom stereocenters. The van der Waals surface area contributed by atoms with Gasteiger partial charge in [0.05, 0.1) is 10.0 Å². The van der Waals surface area contributed by atoms with Crippen LogP contribution in [0.1, 0.15) is 32.6 Å². The molecule has 1 fully saturated rings. The lowest BCUT2D eigenvalue weighted by Gasteiger charge is -2.28. The minimum atomic E-state index is 0.322. The quantitative estimate of drug-likeness (QED) is 0.858. The first-order chi connectivity index (χ1) is 8.06. The molecular formula is C12H17Cl2N3. The lowest BCUT2D eigenvalue weighted by atomic mass is 9.87. The molecule has 1 aromatic rings. The number of nitrogens with one attached hydrogen (secondary N) is 1. The van der Waals surface area contributed by atoms with Crippen LogP contribution in [0, 0.1) is 5.92 Å². The first-order valence-corrected chi connectivity index (χ1v) is 6.70. The normalized spacial score (nSPS) is 24.6. The number of hydrogen-bond acceptors (Lipinski definition) is 3. The van der Waals surface area contributed by atoms with Crippen molar-refractivity contribution in [3.8, 4) is 0 Å². The predicted molar refractivity (Wildman–Crippen MR) is 73.7 cm³/mol. The molecule has 94 valence electrons. The fraction of sp³-hybridized carbons (Fsp3) is 0.583. The Morgan fingerprint density at radius 3 is 2.82 bits per heavy atom. The maximum absolute atomic E-state index is 6.09. The lowest BCUT2D eigenvalue weighted by molar-refractivity contribution is 0.358. The van der Waals surface area contributed by atoms with E-state index in [1.54, 1.807) is 6.07 Å². The maximum atomic E-state index is 6.09. The van der Waals surface area contributed by atoms with Gasteiger partial charge in [-0.15, -0.1) is 0 Å². The van der Waals surface area contributed by atoms with Crippen LogP contribution in [0.5, 0.6) is 0 Å². The molecule has 0 saturated heterocycles. The Labute approximate surface area is 112 Å². The second kappa shape index (κ2) is 5.32. The minimum Gasteiger partial charge on any atom is -0.382 e. The van der Waals surface area contributed by atoms with Crippen LogP contribution in [-0.2, 0) is 0 Å². The summed E-state index contributed by atoms with van der Waals surface area (Å²) in [6, 6.07) is 2.07. The molecule has 1 aromatic heterocycles. The molecule has 5 heteroatoms. The zero-order valence-corrected chi connectivity index (χ0v) is 11.4. The minimum absolute atomic E-state index is 0.322. The van der Waals surface area contributed by atoms with E-state index in [1.165, 1.54) is 12.8 Å². The zero-order chi connectivity index (χ0) is 12.4. The lowest BCUT2D eigenvalue weighted by Crippen LogP contribution is -2.26. The third-order valence-electron chi connectivity index (χ3n) is 3.23. The van der Waals surface area contributed by atoms with Crippen molar-refractivity contribution in [2.45, 2.75) is 38.6 Å². The number of hydrogen-bond donors (Lipinski definition) is 2. The number of anilines is 2. The first-order valence-electron chi connectivity index (χ1n) is 5.94. The fourth-order valence-corrected chi connectivity index (χ4v) is 2.75. The van der Waals surface area contributed by atoms with Crippen molar-refractivity contribution in [3.63, 3.8) is 0 Å². The van der Waals surface area contributed by atoms with E-state index >= 15 is 0 Å². The van der Waals surface area contributed by atoms with E-state index in [0.717, 1.165) is 18.8 Å². The van der Waals surface area contributed by atoms with Gasteiger partial charge in [-0.05, 0) is 24.8 Å². The van der Waals surface area contributed by atoms with Crippen LogP contribution in [0.3, 0.4) is 0 Å². The van der Waals surface area contributed by atoms with Gasteiger partial charge in [-0.25, -0.2) is 4.98 Å². The Kier molecular flexibility index (Phi) is 4.00. The molecule has 0 amide bonds. The van der Waals surface area contributed by atoms with Gasteiger partial charge >= 0.3 is 0 Å². The van der Waals surface area contributed by atoms with Crippen molar-refractivity contribution in [3.05, 3.63) is 16.1 Å². The van der Waals surface area contributed by atoms with Crippen LogP contribution >= 0.6 is 23.2 Å². The molecule has 2 rings (SSSR count). The average molecular weight is 274 g/mol. The van der Waals surface area contributed by atoms with Gasteiger partial charge in [0.1, 0.15) is 11.6 Å². The highest BCUT2D eigenvalue weighted by molar-refractivity contribution is 6.37. The Morgan fingerprint density at radius 2 is 2.12 bits per heavy atom. The standard InChI is InChI=1S/C12H17Cl2N3/c1-7-3-2-4-8(5-7)16-12-10(14)6-9(13)11(15)17-12/h6-8H,2-5H2,1H3,(H3,15,16,17). The number of nitrogens with two attached hydrogens (primary N) is 1. The summed E-state index contributed by atoms with van der Waals surface area (Å²) in [7, 11) is 0. The topological polar surface area (TPSA) is 50.9 Å². The van der Waals surface area contributed by atoms with E-state index in [9.17, 15) is 0 Å². The second-order valence-electron chi connectivity index (χ2n) is 4.80. The van der Waals surface area contributed by atoms with Crippen molar-refractivity contribution < 1.29 is 0 Å². The molecule has 2 unspecified atom stereocenters. The number of nitrogens with zero attached hydrogens (tertiary/aromatic N) is 1. The molecule has 1 heterocycles. The molecule has 17 heavy (non-hydrogen) atoms. The van der Waals surface area contributed by atoms with E-state index in [0.29, 0.717) is 27.7 Å². The zero-order valence-electron chi connectivity index (χ0n) is 9.84. The van der Waals surface area contributed by atoms with Gasteiger partial charge in [-0.3, -0.25) is 0 Å². The van der Waals surface area contributed by atoms with Crippen LogP contribution in [-0.4, -0.2) is 11.0 Å². The molecule has 3 nitrogen and oxygen atoms in total. The molecule has 0 aliphatic heterocycles. The van der Waals surface area contributed by atoms with E-state index < -0.39 is 0 Å². The molecule has 0 radical (unpaired) electrons. The van der Waals surface area contributed by atoms with Gasteiger partial charge < -0.3 is 11.1 Å². The highest BCUT2D eigenvalue weighted by atomic mass is 35.5. The largest absolute Gasteiger partial charge is 0.382 e. The Hall–Kier alpha value is -0.670. The van der Waals surface area contributed by atoms with Crippen molar-refractivity contribution >= 4 is 34.8 Å². The van der Waals surface area contributed by atoms with Crippen molar-refractivity contribution in [2.24, 2.45) is 5.92 Å². The summed E-state index contributed by atoms with van der Waals surface area (Å²) in [6.45, 7) is 2.28. The van der Waals surface area contributed by atoms with Gasteiger partial charge in [-0.1, -0.05) is 43.0 Å². The predicted octanol–water partition coefficient (Wildman–Crippen LogP) is 3.96. The summed E-state index contributed by atoms with van der Waals surface area (Å²) >= 11 is 11.9. The van der Waals surface area contributed by atoms with Crippen molar-refractivity contribution in [1.29, 1.82) is 0 Å². The maximum Gasteiger partial charge on any atom is 0.147 e. The van der Waals surface area contributed by atoms with Crippen molar-refractivity contribution in [1.82, 2.24) is 4.98 Å². The number of pyridine rings is 1. The van der Waals surface area contributed by atoms with Crippen LogP contribution in [0.4, 0.5) is 11.6 Å². The third-order valence-corrected chi connectivity index (χ3v) is 3.82. The summed E-state index contributed by atoms with van der Waals surface area (Å²) in [4.78, 5) is 4.19. The molecule has 0 bridgehead atoms. The van der Waals surface area contributed by atoms with Gasteiger partial charge in [0.2, 0.25) is 0 Å². The van der Waals surface area contributed by atoms with Gasteiger partial charge in [0, 0.05) is 6.04 Å².